The molecule has 0 saturated carbocycles. The number of nitrogens with one attached hydrogen (secondary N) is 1. The fourth-order valence-corrected chi connectivity index (χ4v) is 0.458. The summed E-state index contributed by atoms with van der Waals surface area (Å²) in [6.45, 7) is 1.63. The van der Waals surface area contributed by atoms with Crippen LogP contribution in [-0.2, 0) is 0 Å². The molecule has 1 aliphatic heterocycles. The third-order valence-electron chi connectivity index (χ3n) is 1.08. The van der Waals surface area contributed by atoms with Gasteiger partial charge in [-0.3, -0.25) is 4.39 Å². The van der Waals surface area contributed by atoms with Crippen LogP contribution in [0.25, 0.3) is 0 Å². The Morgan fingerprint density at radius 2 is 2.14 bits per heavy atom. The van der Waals surface area contributed by atoms with Crippen molar-refractivity contribution in [3.63, 3.8) is 0 Å². The second-order valence-electron chi connectivity index (χ2n) is 1.68. The summed E-state index contributed by atoms with van der Waals surface area (Å²) in [4.78, 5) is 0. The molecule has 1 saturated heterocycles. The van der Waals surface area contributed by atoms with Gasteiger partial charge in [0.15, 0.2) is 0 Å². The monoisotopic (exact) mass is 125 g/mol. The second kappa shape index (κ2) is 3.22. The Kier molecular flexibility index (Phi) is 3.30. The van der Waals surface area contributed by atoms with Crippen LogP contribution < -0.4 is 5.32 Å². The molecule has 0 aromatic rings. The van der Waals surface area contributed by atoms with Crippen molar-refractivity contribution in [2.45, 2.75) is 0 Å². The van der Waals surface area contributed by atoms with Crippen LogP contribution in [0.1, 0.15) is 0 Å². The lowest BCUT2D eigenvalue weighted by molar-refractivity contribution is 0.269. The van der Waals surface area contributed by atoms with Crippen molar-refractivity contribution < 1.29 is 4.39 Å². The molecule has 0 aliphatic carbocycles. The first-order chi connectivity index (χ1) is 2.93. The van der Waals surface area contributed by atoms with Gasteiger partial charge in [0.25, 0.3) is 0 Å². The summed E-state index contributed by atoms with van der Waals surface area (Å²) in [5.74, 6) is 0.338. The molecule has 1 rings (SSSR count). The van der Waals surface area contributed by atoms with Gasteiger partial charge in [-0.2, -0.15) is 0 Å². The molecule has 0 amide bonds. The smallest absolute Gasteiger partial charge is 0.0946 e. The summed E-state index contributed by atoms with van der Waals surface area (Å²) < 4.78 is 11.4. The molecular formula is C4H9ClFN. The average molecular weight is 126 g/mol. The van der Waals surface area contributed by atoms with Gasteiger partial charge in [0.2, 0.25) is 0 Å². The van der Waals surface area contributed by atoms with Crippen molar-refractivity contribution in [1.82, 2.24) is 5.32 Å². The Balaban J connectivity index is 0.000000360. The first-order valence-corrected chi connectivity index (χ1v) is 2.20. The highest BCUT2D eigenvalue weighted by molar-refractivity contribution is 5.85. The summed E-state index contributed by atoms with van der Waals surface area (Å²) in [5.41, 5.74) is 0. The molecule has 3 heteroatoms. The maximum Gasteiger partial charge on any atom is 0.0946 e. The SMILES string of the molecule is Cl.FCC1CNC1. The van der Waals surface area contributed by atoms with E-state index in [1.165, 1.54) is 0 Å². The first kappa shape index (κ1) is 7.18. The van der Waals surface area contributed by atoms with Crippen LogP contribution in [0.2, 0.25) is 0 Å². The Labute approximate surface area is 48.7 Å². The number of hydrogen-bond donors (Lipinski definition) is 1. The van der Waals surface area contributed by atoms with Gasteiger partial charge in [-0.1, -0.05) is 0 Å². The predicted octanol–water partition coefficient (Wildman–Crippen LogP) is 0.597. The van der Waals surface area contributed by atoms with Crippen LogP contribution in [0, 0.1) is 5.92 Å². The Hall–Kier alpha value is 0.180. The van der Waals surface area contributed by atoms with Crippen LogP contribution in [0.4, 0.5) is 4.39 Å². The quantitative estimate of drug-likeness (QED) is 0.541. The van der Waals surface area contributed by atoms with Crippen molar-refractivity contribution in [2.75, 3.05) is 19.8 Å². The maximum absolute atomic E-state index is 11.4. The van der Waals surface area contributed by atoms with E-state index in [-0.39, 0.29) is 19.1 Å². The lowest BCUT2D eigenvalue weighted by atomic mass is 10.1. The van der Waals surface area contributed by atoms with Crippen molar-refractivity contribution in [3.05, 3.63) is 0 Å². The molecule has 0 unspecified atom stereocenters. The molecule has 1 nitrogen and oxygen atoms in total. The molecule has 1 N–H and O–H groups in total. The molecule has 0 atom stereocenters. The Bertz CT molecular complexity index is 44.2. The van der Waals surface area contributed by atoms with Gasteiger partial charge in [0.1, 0.15) is 0 Å². The predicted molar refractivity (Wildman–Crippen MR) is 29.6 cm³/mol. The minimum Gasteiger partial charge on any atom is -0.316 e. The van der Waals surface area contributed by atoms with Crippen LogP contribution in [0.3, 0.4) is 0 Å². The zero-order valence-corrected chi connectivity index (χ0v) is 4.80. The van der Waals surface area contributed by atoms with E-state index >= 15 is 0 Å². The topological polar surface area (TPSA) is 12.0 Å². The van der Waals surface area contributed by atoms with Gasteiger partial charge < -0.3 is 5.32 Å². The molecule has 7 heavy (non-hydrogen) atoms. The van der Waals surface area contributed by atoms with Gasteiger partial charge in [-0.25, -0.2) is 0 Å². The molecule has 1 heterocycles. The van der Waals surface area contributed by atoms with Crippen LogP contribution in [0.15, 0.2) is 0 Å². The van der Waals surface area contributed by atoms with E-state index in [1.807, 2.05) is 0 Å². The molecule has 0 aromatic carbocycles. The summed E-state index contributed by atoms with van der Waals surface area (Å²) in [7, 11) is 0. The maximum atomic E-state index is 11.4. The molecule has 0 aromatic heterocycles. The van der Waals surface area contributed by atoms with Crippen molar-refractivity contribution >= 4 is 12.4 Å². The fourth-order valence-electron chi connectivity index (χ4n) is 0.458. The van der Waals surface area contributed by atoms with E-state index in [4.69, 9.17) is 0 Å². The van der Waals surface area contributed by atoms with Gasteiger partial charge in [-0.05, 0) is 0 Å². The fraction of sp³-hybridized carbons (Fsp3) is 1.00. The molecule has 0 radical (unpaired) electrons. The van der Waals surface area contributed by atoms with Crippen LogP contribution >= 0.6 is 12.4 Å². The van der Waals surface area contributed by atoms with Crippen molar-refractivity contribution in [2.24, 2.45) is 5.92 Å². The second-order valence-corrected chi connectivity index (χ2v) is 1.68. The lowest BCUT2D eigenvalue weighted by Gasteiger charge is -2.23. The van der Waals surface area contributed by atoms with Crippen molar-refractivity contribution in [3.8, 4) is 0 Å². The molecule has 1 aliphatic rings. The Morgan fingerprint density at radius 3 is 2.14 bits per heavy atom. The largest absolute Gasteiger partial charge is 0.316 e. The minimum absolute atomic E-state index is 0. The summed E-state index contributed by atoms with van der Waals surface area (Å²) in [5, 5.41) is 2.97. The number of hydrogen-bond acceptors (Lipinski definition) is 1. The van der Waals surface area contributed by atoms with Gasteiger partial charge in [0, 0.05) is 19.0 Å². The lowest BCUT2D eigenvalue weighted by Crippen LogP contribution is -2.42. The zero-order valence-electron chi connectivity index (χ0n) is 3.98. The highest BCUT2D eigenvalue weighted by Crippen LogP contribution is 2.00. The van der Waals surface area contributed by atoms with Crippen LogP contribution in [0.5, 0.6) is 0 Å². The van der Waals surface area contributed by atoms with Gasteiger partial charge in [0.05, 0.1) is 6.67 Å². The molecule has 0 bridgehead atoms. The van der Waals surface area contributed by atoms with Gasteiger partial charge >= 0.3 is 0 Å². The summed E-state index contributed by atoms with van der Waals surface area (Å²) in [6, 6.07) is 0. The van der Waals surface area contributed by atoms with Crippen molar-refractivity contribution in [1.29, 1.82) is 0 Å². The highest BCUT2D eigenvalue weighted by Gasteiger charge is 2.14. The summed E-state index contributed by atoms with van der Waals surface area (Å²) in [6.07, 6.45) is 0. The number of alkyl halides is 1. The van der Waals surface area contributed by atoms with E-state index in [1.54, 1.807) is 0 Å². The molecule has 0 spiro atoms. The van der Waals surface area contributed by atoms with E-state index in [2.05, 4.69) is 5.32 Å². The number of halogens is 2. The molecule has 44 valence electrons. The normalized spacial score (nSPS) is 20.1. The highest BCUT2D eigenvalue weighted by atomic mass is 35.5. The van der Waals surface area contributed by atoms with E-state index in [0.29, 0.717) is 5.92 Å². The van der Waals surface area contributed by atoms with E-state index < -0.39 is 0 Å². The summed E-state index contributed by atoms with van der Waals surface area (Å²) >= 11 is 0. The minimum atomic E-state index is -0.146. The first-order valence-electron chi connectivity index (χ1n) is 2.20. The molecule has 1 fully saturated rings. The van der Waals surface area contributed by atoms with E-state index in [0.717, 1.165) is 13.1 Å². The Morgan fingerprint density at radius 1 is 1.57 bits per heavy atom. The van der Waals surface area contributed by atoms with Crippen LogP contribution in [-0.4, -0.2) is 19.8 Å². The molecular weight excluding hydrogens is 117 g/mol. The third kappa shape index (κ3) is 1.61. The van der Waals surface area contributed by atoms with E-state index in [9.17, 15) is 4.39 Å². The standard InChI is InChI=1S/C4H8FN.ClH/c5-1-4-2-6-3-4;/h4,6H,1-3H2;1H. The number of rotatable bonds is 1. The average Bonchev–Trinajstić information content (AvgIpc) is 1.31. The zero-order chi connectivity index (χ0) is 4.41. The van der Waals surface area contributed by atoms with Gasteiger partial charge in [-0.15, -0.1) is 12.4 Å². The third-order valence-corrected chi connectivity index (χ3v) is 1.08.